The van der Waals surface area contributed by atoms with Gasteiger partial charge in [0.05, 0.1) is 31.5 Å². The zero-order valence-electron chi connectivity index (χ0n) is 26.2. The molecule has 0 saturated carbocycles. The van der Waals surface area contributed by atoms with E-state index in [1.54, 1.807) is 11.0 Å². The number of fused-ring (bicyclic) bond motifs is 1. The predicted octanol–water partition coefficient (Wildman–Crippen LogP) is 3.37. The Morgan fingerprint density at radius 3 is 2.45 bits per heavy atom. The van der Waals surface area contributed by atoms with Gasteiger partial charge in [-0.1, -0.05) is 20.8 Å². The molecule has 0 radical (unpaired) electrons. The van der Waals surface area contributed by atoms with E-state index in [1.165, 1.54) is 7.05 Å². The lowest BCUT2D eigenvalue weighted by atomic mass is 9.84. The number of nitrogens with zero attached hydrogens (tertiary/aromatic N) is 3. The minimum absolute atomic E-state index is 0.0115. The Balaban J connectivity index is 1.66. The van der Waals surface area contributed by atoms with E-state index < -0.39 is 17.3 Å². The summed E-state index contributed by atoms with van der Waals surface area (Å²) in [6.45, 7) is 9.83. The molecule has 1 fully saturated rings. The molecule has 0 bridgehead atoms. The van der Waals surface area contributed by atoms with Gasteiger partial charge in [-0.05, 0) is 49.8 Å². The minimum Gasteiger partial charge on any atom is -0.491 e. The topological polar surface area (TPSA) is 165 Å². The molecule has 0 atom stereocenters. The Bertz CT molecular complexity index is 1430. The molecule has 1 amide bonds. The SMILES string of the molecule is CCOc1cc2c(nc1C(=O)NC)C(=N)N(CC(=O)c1cc(N3CCC(O)CC3)c(OCCCC(=O)O)c(C(C)(C)C)c1)C2. The van der Waals surface area contributed by atoms with Gasteiger partial charge >= 0.3 is 5.97 Å². The van der Waals surface area contributed by atoms with Gasteiger partial charge in [-0.2, -0.15) is 0 Å². The average molecular weight is 610 g/mol. The molecular weight excluding hydrogens is 566 g/mol. The number of hydrogen-bond donors (Lipinski definition) is 4. The smallest absolute Gasteiger partial charge is 0.303 e. The number of ketones is 1. The maximum atomic E-state index is 13.9. The van der Waals surface area contributed by atoms with Crippen molar-refractivity contribution >= 4 is 29.2 Å². The van der Waals surface area contributed by atoms with Gasteiger partial charge in [0.1, 0.15) is 17.3 Å². The highest BCUT2D eigenvalue weighted by Gasteiger charge is 2.33. The molecule has 1 aromatic carbocycles. The van der Waals surface area contributed by atoms with Gasteiger partial charge < -0.3 is 34.8 Å². The number of rotatable bonds is 12. The normalized spacial score (nSPS) is 15.3. The molecule has 2 aromatic rings. The number of piperidine rings is 1. The molecule has 4 rings (SSSR count). The Morgan fingerprint density at radius 2 is 1.84 bits per heavy atom. The van der Waals surface area contributed by atoms with E-state index in [0.29, 0.717) is 67.3 Å². The monoisotopic (exact) mass is 609 g/mol. The molecule has 2 aliphatic rings. The molecule has 0 aliphatic carbocycles. The number of benzene rings is 1. The van der Waals surface area contributed by atoms with Gasteiger partial charge in [-0.25, -0.2) is 4.98 Å². The van der Waals surface area contributed by atoms with Crippen molar-refractivity contribution in [1.29, 1.82) is 5.41 Å². The van der Waals surface area contributed by atoms with Crippen molar-refractivity contribution in [3.8, 4) is 11.5 Å². The predicted molar refractivity (Wildman–Crippen MR) is 165 cm³/mol. The molecule has 0 spiro atoms. The fraction of sp³-hybridized carbons (Fsp3) is 0.531. The number of carboxylic acids is 1. The van der Waals surface area contributed by atoms with E-state index in [-0.39, 0.29) is 49.5 Å². The minimum atomic E-state index is -0.889. The van der Waals surface area contributed by atoms with Crippen LogP contribution in [0.4, 0.5) is 5.69 Å². The molecule has 3 heterocycles. The molecule has 1 saturated heterocycles. The van der Waals surface area contributed by atoms with E-state index in [2.05, 4.69) is 15.2 Å². The first kappa shape index (κ1) is 32.7. The molecule has 1 aromatic heterocycles. The third kappa shape index (κ3) is 7.29. The van der Waals surface area contributed by atoms with Gasteiger partial charge in [0.2, 0.25) is 0 Å². The summed E-state index contributed by atoms with van der Waals surface area (Å²) in [6.07, 6.45) is 1.11. The molecular formula is C32H43N5O7. The fourth-order valence-electron chi connectivity index (χ4n) is 5.46. The van der Waals surface area contributed by atoms with E-state index in [9.17, 15) is 19.5 Å². The zero-order chi connectivity index (χ0) is 32.2. The zero-order valence-corrected chi connectivity index (χ0v) is 26.2. The van der Waals surface area contributed by atoms with E-state index in [1.807, 2.05) is 39.8 Å². The molecule has 44 heavy (non-hydrogen) atoms. The maximum Gasteiger partial charge on any atom is 0.303 e. The number of carbonyl (C=O) groups is 3. The summed E-state index contributed by atoms with van der Waals surface area (Å²) in [5.74, 6) is -0.499. The molecule has 2 aliphatic heterocycles. The highest BCUT2D eigenvalue weighted by molar-refractivity contribution is 6.06. The quantitative estimate of drug-likeness (QED) is 0.207. The highest BCUT2D eigenvalue weighted by atomic mass is 16.5. The number of amidine groups is 1. The van der Waals surface area contributed by atoms with Crippen LogP contribution >= 0.6 is 0 Å². The molecule has 12 nitrogen and oxygen atoms in total. The van der Waals surface area contributed by atoms with Crippen LogP contribution in [-0.2, 0) is 16.8 Å². The Hall–Kier alpha value is -4.19. The number of pyridine rings is 1. The van der Waals surface area contributed by atoms with Crippen molar-refractivity contribution in [3.05, 3.63) is 46.3 Å². The first-order valence-electron chi connectivity index (χ1n) is 15.1. The van der Waals surface area contributed by atoms with Crippen molar-refractivity contribution < 1.29 is 34.1 Å². The lowest BCUT2D eigenvalue weighted by molar-refractivity contribution is -0.137. The van der Waals surface area contributed by atoms with E-state index in [0.717, 1.165) is 11.3 Å². The summed E-state index contributed by atoms with van der Waals surface area (Å²) in [4.78, 5) is 45.6. The largest absolute Gasteiger partial charge is 0.491 e. The lowest BCUT2D eigenvalue weighted by Crippen LogP contribution is -2.36. The van der Waals surface area contributed by atoms with Crippen molar-refractivity contribution in [1.82, 2.24) is 15.2 Å². The van der Waals surface area contributed by atoms with Crippen LogP contribution in [0.1, 0.15) is 91.0 Å². The number of carbonyl (C=O) groups excluding carboxylic acids is 2. The van der Waals surface area contributed by atoms with Crippen molar-refractivity contribution in [3.63, 3.8) is 0 Å². The number of Topliss-reactive ketones (excluding diaryl/α,β-unsaturated/α-hetero) is 1. The Kier molecular flexibility index (Phi) is 10.1. The van der Waals surface area contributed by atoms with Crippen LogP contribution in [0, 0.1) is 5.41 Å². The summed E-state index contributed by atoms with van der Waals surface area (Å²) >= 11 is 0. The van der Waals surface area contributed by atoms with Crippen molar-refractivity contribution in [2.24, 2.45) is 0 Å². The second-order valence-electron chi connectivity index (χ2n) is 12.2. The van der Waals surface area contributed by atoms with Gasteiger partial charge in [0.25, 0.3) is 5.91 Å². The summed E-state index contributed by atoms with van der Waals surface area (Å²) in [7, 11) is 1.50. The maximum absolute atomic E-state index is 13.9. The second kappa shape index (κ2) is 13.6. The average Bonchev–Trinajstić information content (AvgIpc) is 3.27. The number of aliphatic hydroxyl groups excluding tert-OH is 1. The van der Waals surface area contributed by atoms with Crippen LogP contribution in [0.2, 0.25) is 0 Å². The van der Waals surface area contributed by atoms with Crippen LogP contribution in [0.15, 0.2) is 18.2 Å². The number of aliphatic carboxylic acids is 1. The van der Waals surface area contributed by atoms with Crippen LogP contribution in [0.3, 0.4) is 0 Å². The van der Waals surface area contributed by atoms with Gasteiger partial charge in [0, 0.05) is 49.8 Å². The van der Waals surface area contributed by atoms with Crippen molar-refractivity contribution in [2.45, 2.75) is 71.4 Å². The number of aliphatic hydroxyl groups is 1. The van der Waals surface area contributed by atoms with E-state index in [4.69, 9.17) is 20.0 Å². The van der Waals surface area contributed by atoms with Gasteiger partial charge in [-0.15, -0.1) is 0 Å². The Labute approximate surface area is 257 Å². The van der Waals surface area contributed by atoms with Crippen LogP contribution in [0.25, 0.3) is 0 Å². The van der Waals surface area contributed by atoms with Crippen LogP contribution in [0.5, 0.6) is 11.5 Å². The second-order valence-corrected chi connectivity index (χ2v) is 12.2. The highest BCUT2D eigenvalue weighted by Crippen LogP contribution is 2.42. The van der Waals surface area contributed by atoms with Gasteiger partial charge in [0.15, 0.2) is 17.2 Å². The first-order chi connectivity index (χ1) is 20.8. The van der Waals surface area contributed by atoms with E-state index >= 15 is 0 Å². The number of aromatic nitrogens is 1. The summed E-state index contributed by atoms with van der Waals surface area (Å²) < 4.78 is 11.9. The molecule has 0 unspecified atom stereocenters. The number of nitrogens with one attached hydrogen (secondary N) is 2. The lowest BCUT2D eigenvalue weighted by Gasteiger charge is -2.35. The number of ether oxygens (including phenoxy) is 2. The first-order valence-corrected chi connectivity index (χ1v) is 15.1. The number of carboxylic acid groups (broad SMARTS) is 1. The molecule has 12 heteroatoms. The summed E-state index contributed by atoms with van der Waals surface area (Å²) in [5, 5.41) is 30.5. The number of anilines is 1. The number of amides is 1. The van der Waals surface area contributed by atoms with Crippen LogP contribution < -0.4 is 19.7 Å². The molecule has 238 valence electrons. The molecule has 4 N–H and O–H groups in total. The van der Waals surface area contributed by atoms with Crippen LogP contribution in [-0.4, -0.2) is 89.6 Å². The Morgan fingerprint density at radius 1 is 1.14 bits per heavy atom. The summed E-state index contributed by atoms with van der Waals surface area (Å²) in [5.41, 5.74) is 2.75. The van der Waals surface area contributed by atoms with Crippen molar-refractivity contribution in [2.75, 3.05) is 44.8 Å². The number of hydrogen-bond acceptors (Lipinski definition) is 9. The third-order valence-corrected chi connectivity index (χ3v) is 7.83. The summed E-state index contributed by atoms with van der Waals surface area (Å²) in [6, 6.07) is 5.36. The van der Waals surface area contributed by atoms with Gasteiger partial charge in [-0.3, -0.25) is 19.8 Å². The fourth-order valence-corrected chi connectivity index (χ4v) is 5.46. The third-order valence-electron chi connectivity index (χ3n) is 7.83. The standard InChI is InChI=1S/C32H43N5O7/c1-6-43-25-16-20-17-37(30(33)27(20)35-28(25)31(42)34-5)18-24(39)19-14-22(32(2,3)4)29(44-13-7-8-26(40)41)23(15-19)36-11-9-21(38)10-12-36/h14-16,21,33,38H,6-13,17-18H2,1-5H3,(H,34,42)(H,40,41).